The number of carbonyl (C=O) groups excluding carboxylic acids is 2. The first kappa shape index (κ1) is 63.0. The van der Waals surface area contributed by atoms with E-state index in [0.29, 0.717) is 44.9 Å². The number of cyclic esters (lactones) is 1. The molecule has 10 N–H and O–H groups in total. The molecule has 0 bridgehead atoms. The average molecular weight is 1180 g/mol. The average Bonchev–Trinajstić information content (AvgIpc) is 1.61. The van der Waals surface area contributed by atoms with E-state index in [-0.39, 0.29) is 35.4 Å². The Labute approximate surface area is 471 Å². The fourth-order valence-electron chi connectivity index (χ4n) is 16.1. The van der Waals surface area contributed by atoms with Crippen molar-refractivity contribution in [1.29, 1.82) is 0 Å². The monoisotopic (exact) mass is 1180 g/mol. The molecule has 1 spiro atoms. The van der Waals surface area contributed by atoms with Gasteiger partial charge in [-0.2, -0.15) is 8.42 Å². The van der Waals surface area contributed by atoms with Gasteiger partial charge in [0.05, 0.1) is 37.4 Å². The molecule has 3 saturated carbocycles. The highest BCUT2D eigenvalue weighted by molar-refractivity contribution is 7.80. The number of aliphatic hydroxyl groups is 9. The molecule has 9 aliphatic rings. The maximum Gasteiger partial charge on any atom is 0.397 e. The number of allylic oxidation sites excluding steroid dienone is 3. The number of hydrogen-bond acceptors (Lipinski definition) is 24. The lowest BCUT2D eigenvalue weighted by atomic mass is 9.40. The lowest BCUT2D eigenvalue weighted by Crippen LogP contribution is -2.67. The second-order valence-electron chi connectivity index (χ2n) is 25.3. The summed E-state index contributed by atoms with van der Waals surface area (Å²) < 4.78 is 98.0. The summed E-state index contributed by atoms with van der Waals surface area (Å²) in [5.74, 6) is -0.954. The van der Waals surface area contributed by atoms with E-state index in [0.717, 1.165) is 11.1 Å². The molecule has 27 atom stereocenters. The Balaban J connectivity index is 0.909. The molecular weight excluding hydrogens is 1090 g/mol. The third-order valence-electron chi connectivity index (χ3n) is 20.2. The number of methoxy groups -OCH3 is 1. The molecule has 27 unspecified atom stereocenters. The molecule has 0 aromatic rings. The van der Waals surface area contributed by atoms with E-state index in [9.17, 15) is 68.5 Å². The summed E-state index contributed by atoms with van der Waals surface area (Å²) in [7, 11) is -3.99. The number of esters is 1. The van der Waals surface area contributed by atoms with Crippen LogP contribution in [0.25, 0.3) is 0 Å². The number of rotatable bonds is 17. The highest BCUT2D eigenvalue weighted by atomic mass is 32.3. The van der Waals surface area contributed by atoms with E-state index in [1.807, 2.05) is 6.92 Å². The van der Waals surface area contributed by atoms with Crippen molar-refractivity contribution in [2.75, 3.05) is 26.9 Å². The van der Waals surface area contributed by atoms with Crippen LogP contribution in [-0.4, -0.2) is 226 Å². The van der Waals surface area contributed by atoms with E-state index >= 15 is 0 Å². The first-order valence-corrected chi connectivity index (χ1v) is 29.4. The first-order chi connectivity index (χ1) is 37.8. The number of hydrogen-bond donors (Lipinski definition) is 10. The van der Waals surface area contributed by atoms with Crippen LogP contribution in [0.15, 0.2) is 36.0 Å². The Kier molecular flexibility index (Phi) is 17.9. The third kappa shape index (κ3) is 10.6. The maximum absolute atomic E-state index is 14.5. The molecular formula is C55H84O25S. The van der Waals surface area contributed by atoms with Gasteiger partial charge in [0.15, 0.2) is 36.5 Å². The molecule has 5 heterocycles. The van der Waals surface area contributed by atoms with Crippen LogP contribution in [0.5, 0.6) is 0 Å². The molecule has 4 aliphatic carbocycles. The summed E-state index contributed by atoms with van der Waals surface area (Å²) in [6.45, 7) is 19.8. The molecule has 26 heteroatoms. The standard InChI is InChI=1S/C55H84O25S/c1-23(2)11-14-32(58)54(9)45-24(3)19-53(8)27-12-13-31-51(5,6)33(16-17-52(31,7)26(27)15-18-55(45,53)50(66)79-54)75-49-44(36(61)30(22-71-49)80-81(67,68)69)78-46-38(63)37(62)41(25(4)72-46)76-48-40(65)43(35(60)29(21-57)74-48)77-47-39(64)42(70-10)34(59)28(20-56)73-47/h12,25-26,28-31,33-49,56-57,59-65H,1,3,11,13-22H2,2,4-10H3,(H,67,68,69). The van der Waals surface area contributed by atoms with Crippen molar-refractivity contribution in [3.63, 3.8) is 0 Å². The van der Waals surface area contributed by atoms with Gasteiger partial charge in [-0.25, -0.2) is 4.18 Å². The molecule has 0 radical (unpaired) electrons. The summed E-state index contributed by atoms with van der Waals surface area (Å²) in [5, 5.41) is 99.2. The molecule has 25 nitrogen and oxygen atoms in total. The fourth-order valence-corrected chi connectivity index (χ4v) is 16.5. The van der Waals surface area contributed by atoms with E-state index < -0.39 is 181 Å². The lowest BCUT2D eigenvalue weighted by Gasteiger charge is -2.64. The quantitative estimate of drug-likeness (QED) is 0.0511. The maximum atomic E-state index is 14.5. The van der Waals surface area contributed by atoms with Gasteiger partial charge in [0.1, 0.15) is 85.5 Å². The van der Waals surface area contributed by atoms with Crippen LogP contribution in [0.4, 0.5) is 0 Å². The number of Topliss-reactive ketones (excluding diaryl/α,β-unsaturated/α-hetero) is 1. The van der Waals surface area contributed by atoms with Crippen molar-refractivity contribution in [2.24, 2.45) is 39.4 Å². The molecule has 9 rings (SSSR count). The van der Waals surface area contributed by atoms with Crippen molar-refractivity contribution >= 4 is 22.2 Å². The zero-order chi connectivity index (χ0) is 59.4. The topological polar surface area (TPSA) is 372 Å². The SMILES string of the molecule is C=C(C)CCC(=O)C1(C)OC(=O)C23CCC4C(=CCC5C(C)(C)C(OC6OCC(OS(=O)(=O)O)C(O)C6OC6OC(C)C(OC7OC(CO)C(O)C(OC8OC(CO)C(O)C(OC)C8O)C7O)C(O)C6O)CCC45C)C2(C)CC(=C)C13. The van der Waals surface area contributed by atoms with Crippen molar-refractivity contribution < 1.29 is 120 Å². The molecule has 460 valence electrons. The van der Waals surface area contributed by atoms with Crippen molar-refractivity contribution in [3.8, 4) is 0 Å². The molecule has 0 aromatic heterocycles. The smallest absolute Gasteiger partial charge is 0.397 e. The van der Waals surface area contributed by atoms with Gasteiger partial charge in [0, 0.05) is 24.9 Å². The van der Waals surface area contributed by atoms with Gasteiger partial charge < -0.3 is 93.3 Å². The van der Waals surface area contributed by atoms with Crippen molar-refractivity contribution in [2.45, 2.75) is 228 Å². The van der Waals surface area contributed by atoms with Gasteiger partial charge in [-0.15, -0.1) is 6.58 Å². The van der Waals surface area contributed by atoms with Gasteiger partial charge in [-0.3, -0.25) is 14.1 Å². The van der Waals surface area contributed by atoms with Crippen molar-refractivity contribution in [3.05, 3.63) is 36.0 Å². The zero-order valence-electron chi connectivity index (χ0n) is 47.1. The fraction of sp³-hybridized carbons (Fsp3) is 0.855. The number of ether oxygens (including phenoxy) is 10. The minimum Gasteiger partial charge on any atom is -0.450 e. The van der Waals surface area contributed by atoms with Crippen LogP contribution in [0.3, 0.4) is 0 Å². The predicted molar refractivity (Wildman–Crippen MR) is 276 cm³/mol. The van der Waals surface area contributed by atoms with E-state index in [1.165, 1.54) is 19.6 Å². The van der Waals surface area contributed by atoms with Gasteiger partial charge in [0.2, 0.25) is 0 Å². The minimum absolute atomic E-state index is 0.0211. The van der Waals surface area contributed by atoms with Crippen LogP contribution >= 0.6 is 0 Å². The first-order valence-electron chi connectivity index (χ1n) is 28.0. The minimum atomic E-state index is -5.18. The molecule has 5 aliphatic heterocycles. The molecule has 8 fully saturated rings. The van der Waals surface area contributed by atoms with E-state index in [1.54, 1.807) is 6.92 Å². The third-order valence-corrected chi connectivity index (χ3v) is 20.7. The largest absolute Gasteiger partial charge is 0.450 e. The van der Waals surface area contributed by atoms with E-state index in [2.05, 4.69) is 46.9 Å². The Morgan fingerprint density at radius 3 is 1.95 bits per heavy atom. The summed E-state index contributed by atoms with van der Waals surface area (Å²) >= 11 is 0. The molecule has 0 amide bonds. The second-order valence-corrected chi connectivity index (χ2v) is 26.4. The Bertz CT molecular complexity index is 2510. The lowest BCUT2D eigenvalue weighted by molar-refractivity contribution is -0.389. The molecule has 81 heavy (non-hydrogen) atoms. The number of fused-ring (bicyclic) bond motifs is 4. The normalized spacial score (nSPS) is 49.7. The number of aliphatic hydroxyl groups excluding tert-OH is 9. The second kappa shape index (κ2) is 23.0. The van der Waals surface area contributed by atoms with Crippen LogP contribution in [0, 0.1) is 39.4 Å². The molecule has 5 saturated heterocycles. The van der Waals surface area contributed by atoms with Crippen molar-refractivity contribution in [1.82, 2.24) is 0 Å². The summed E-state index contributed by atoms with van der Waals surface area (Å²) in [5.41, 5.74) is -1.05. The highest BCUT2D eigenvalue weighted by Gasteiger charge is 2.78. The number of carbonyl (C=O) groups is 2. The summed E-state index contributed by atoms with van der Waals surface area (Å²) in [6.07, 6.45) is -26.2. The van der Waals surface area contributed by atoms with Gasteiger partial charge in [-0.1, -0.05) is 57.1 Å². The van der Waals surface area contributed by atoms with Gasteiger partial charge in [0.25, 0.3) is 0 Å². The van der Waals surface area contributed by atoms with Crippen LogP contribution in [-0.2, 0) is 71.5 Å². The van der Waals surface area contributed by atoms with Crippen LogP contribution < -0.4 is 0 Å². The number of ketones is 1. The Morgan fingerprint density at radius 1 is 0.753 bits per heavy atom. The predicted octanol–water partition coefficient (Wildman–Crippen LogP) is -0.216. The van der Waals surface area contributed by atoms with E-state index in [4.69, 9.17) is 51.6 Å². The van der Waals surface area contributed by atoms with Gasteiger partial charge >= 0.3 is 16.4 Å². The zero-order valence-corrected chi connectivity index (χ0v) is 47.9. The Morgan fingerprint density at radius 2 is 1.35 bits per heavy atom. The van der Waals surface area contributed by atoms with Crippen LogP contribution in [0.1, 0.15) is 99.8 Å². The molecule has 0 aromatic carbocycles. The Hall–Kier alpha value is -2.49. The highest BCUT2D eigenvalue weighted by Crippen LogP contribution is 2.77. The van der Waals surface area contributed by atoms with Crippen LogP contribution in [0.2, 0.25) is 0 Å². The summed E-state index contributed by atoms with van der Waals surface area (Å²) in [4.78, 5) is 28.4. The van der Waals surface area contributed by atoms with Gasteiger partial charge in [-0.05, 0) is 88.4 Å². The summed E-state index contributed by atoms with van der Waals surface area (Å²) in [6, 6.07) is 0.